The standard InChI is InChI=1S/C34H69N13O8/c1-28(48)39-15-24-45(20-5-32(52)43-16-25-46(18-2-29(49)40-12-8-35)19-3-30(50)41-13-9-36)21-6-33(53)44-17-26-47(22-4-31(51)42-14-10-37)23-7-34(54)55-27-11-38/h2-27,35-38H2,1H3,(H,39,48)(H,40,49)(H,41,50)(H,42,51)(H,43,52)(H,44,53). The van der Waals surface area contributed by atoms with Crippen molar-refractivity contribution in [2.24, 2.45) is 22.9 Å². The third-order valence-electron chi connectivity index (χ3n) is 7.99. The Morgan fingerprint density at radius 2 is 0.691 bits per heavy atom. The van der Waals surface area contributed by atoms with E-state index in [4.69, 9.17) is 27.7 Å². The van der Waals surface area contributed by atoms with E-state index in [-0.39, 0.29) is 93.7 Å². The molecule has 0 bridgehead atoms. The average Bonchev–Trinajstić information content (AvgIpc) is 3.16. The molecule has 0 aliphatic heterocycles. The Hall–Kier alpha value is -3.99. The molecule has 0 aromatic heterocycles. The summed E-state index contributed by atoms with van der Waals surface area (Å²) in [6.45, 7) is 8.17. The number of amides is 6. The fraction of sp³-hybridized carbons (Fsp3) is 0.794. The van der Waals surface area contributed by atoms with E-state index < -0.39 is 5.97 Å². The molecule has 0 rings (SSSR count). The van der Waals surface area contributed by atoms with Gasteiger partial charge in [0.15, 0.2) is 0 Å². The molecule has 0 spiro atoms. The van der Waals surface area contributed by atoms with Gasteiger partial charge in [-0.3, -0.25) is 33.6 Å². The summed E-state index contributed by atoms with van der Waals surface area (Å²) in [5.41, 5.74) is 21.7. The molecule has 0 saturated heterocycles. The first-order chi connectivity index (χ1) is 26.4. The van der Waals surface area contributed by atoms with Crippen molar-refractivity contribution in [2.45, 2.75) is 45.4 Å². The minimum absolute atomic E-state index is 0.107. The van der Waals surface area contributed by atoms with Crippen molar-refractivity contribution in [3.63, 3.8) is 0 Å². The molecule has 55 heavy (non-hydrogen) atoms. The monoisotopic (exact) mass is 788 g/mol. The molecule has 0 unspecified atom stereocenters. The molecular formula is C34H69N13O8. The normalized spacial score (nSPS) is 11.0. The van der Waals surface area contributed by atoms with Crippen LogP contribution in [0, 0.1) is 0 Å². The van der Waals surface area contributed by atoms with Gasteiger partial charge in [-0.25, -0.2) is 0 Å². The van der Waals surface area contributed by atoms with Crippen LogP contribution in [-0.2, 0) is 38.3 Å². The lowest BCUT2D eigenvalue weighted by molar-refractivity contribution is -0.143. The Kier molecular flexibility index (Phi) is 32.0. The predicted molar refractivity (Wildman–Crippen MR) is 208 cm³/mol. The van der Waals surface area contributed by atoms with Crippen molar-refractivity contribution in [3.8, 4) is 0 Å². The zero-order valence-electron chi connectivity index (χ0n) is 32.8. The van der Waals surface area contributed by atoms with Crippen molar-refractivity contribution in [1.29, 1.82) is 0 Å². The van der Waals surface area contributed by atoms with Gasteiger partial charge in [-0.05, 0) is 0 Å². The smallest absolute Gasteiger partial charge is 0.307 e. The maximum absolute atomic E-state index is 12.8. The lowest BCUT2D eigenvalue weighted by atomic mass is 10.3. The van der Waals surface area contributed by atoms with Crippen LogP contribution in [0.3, 0.4) is 0 Å². The van der Waals surface area contributed by atoms with E-state index in [1.54, 1.807) is 0 Å². The number of nitrogens with two attached hydrogens (primary N) is 4. The number of hydrogen-bond donors (Lipinski definition) is 10. The predicted octanol–water partition coefficient (Wildman–Crippen LogP) is -5.67. The Labute approximate surface area is 325 Å². The van der Waals surface area contributed by atoms with E-state index in [2.05, 4.69) is 31.9 Å². The molecule has 0 heterocycles. The highest BCUT2D eigenvalue weighted by Crippen LogP contribution is 1.99. The van der Waals surface area contributed by atoms with Crippen molar-refractivity contribution < 1.29 is 38.3 Å². The summed E-state index contributed by atoms with van der Waals surface area (Å²) in [5, 5.41) is 16.6. The first kappa shape index (κ1) is 51.0. The lowest BCUT2D eigenvalue weighted by Crippen LogP contribution is -2.41. The highest BCUT2D eigenvalue weighted by atomic mass is 16.5. The van der Waals surface area contributed by atoms with Gasteiger partial charge < -0.3 is 74.3 Å². The van der Waals surface area contributed by atoms with Gasteiger partial charge in [0.2, 0.25) is 35.4 Å². The number of nitrogens with one attached hydrogen (secondary N) is 6. The van der Waals surface area contributed by atoms with Gasteiger partial charge in [0.05, 0.1) is 6.42 Å². The molecule has 0 atom stereocenters. The number of nitrogens with zero attached hydrogens (tertiary/aromatic N) is 3. The van der Waals surface area contributed by atoms with Crippen LogP contribution in [0.15, 0.2) is 0 Å². The second-order valence-electron chi connectivity index (χ2n) is 12.6. The zero-order chi connectivity index (χ0) is 41.1. The lowest BCUT2D eigenvalue weighted by Gasteiger charge is -2.24. The van der Waals surface area contributed by atoms with Crippen molar-refractivity contribution in [1.82, 2.24) is 46.6 Å². The molecule has 21 heteroatoms. The van der Waals surface area contributed by atoms with Gasteiger partial charge in [-0.2, -0.15) is 0 Å². The molecule has 0 saturated carbocycles. The maximum atomic E-state index is 12.8. The maximum Gasteiger partial charge on any atom is 0.307 e. The van der Waals surface area contributed by atoms with Gasteiger partial charge in [0.25, 0.3) is 0 Å². The molecule has 318 valence electrons. The third-order valence-corrected chi connectivity index (χ3v) is 7.99. The minimum Gasteiger partial charge on any atom is -0.464 e. The van der Waals surface area contributed by atoms with E-state index in [9.17, 15) is 33.6 Å². The quantitative estimate of drug-likeness (QED) is 0.0268. The summed E-state index contributed by atoms with van der Waals surface area (Å²) in [6, 6.07) is 0. The van der Waals surface area contributed by atoms with Gasteiger partial charge in [-0.15, -0.1) is 0 Å². The first-order valence-electron chi connectivity index (χ1n) is 19.1. The van der Waals surface area contributed by atoms with E-state index >= 15 is 0 Å². The topological polar surface area (TPSA) is 315 Å². The van der Waals surface area contributed by atoms with Gasteiger partial charge in [0, 0.05) is 163 Å². The van der Waals surface area contributed by atoms with Crippen molar-refractivity contribution >= 4 is 41.4 Å². The molecule has 21 nitrogen and oxygen atoms in total. The number of rotatable bonds is 35. The van der Waals surface area contributed by atoms with Crippen molar-refractivity contribution in [3.05, 3.63) is 0 Å². The molecule has 0 aromatic rings. The van der Waals surface area contributed by atoms with Crippen LogP contribution >= 0.6 is 0 Å². The van der Waals surface area contributed by atoms with Crippen LogP contribution in [0.1, 0.15) is 45.4 Å². The van der Waals surface area contributed by atoms with Gasteiger partial charge >= 0.3 is 5.97 Å². The van der Waals surface area contributed by atoms with E-state index in [1.807, 2.05) is 14.7 Å². The number of hydrogen-bond acceptors (Lipinski definition) is 15. The van der Waals surface area contributed by atoms with Crippen LogP contribution in [0.4, 0.5) is 0 Å². The summed E-state index contributed by atoms with van der Waals surface area (Å²) in [5.74, 6) is -1.49. The summed E-state index contributed by atoms with van der Waals surface area (Å²) < 4.78 is 5.03. The number of esters is 1. The molecule has 0 aromatic carbocycles. The Bertz CT molecular complexity index is 997. The van der Waals surface area contributed by atoms with Crippen LogP contribution in [0.25, 0.3) is 0 Å². The van der Waals surface area contributed by atoms with E-state index in [1.165, 1.54) is 6.92 Å². The van der Waals surface area contributed by atoms with E-state index in [0.717, 1.165) is 0 Å². The second-order valence-corrected chi connectivity index (χ2v) is 12.6. The molecule has 0 radical (unpaired) electrons. The number of ether oxygens (including phenoxy) is 1. The fourth-order valence-electron chi connectivity index (χ4n) is 4.97. The molecule has 0 aliphatic rings. The average molecular weight is 788 g/mol. The summed E-state index contributed by atoms with van der Waals surface area (Å²) in [6.07, 6.45) is 1.02. The number of carbonyl (C=O) groups is 7. The highest BCUT2D eigenvalue weighted by Gasteiger charge is 2.15. The molecule has 0 fully saturated rings. The van der Waals surface area contributed by atoms with Crippen LogP contribution in [-0.4, -0.2) is 187 Å². The SMILES string of the molecule is CC(=O)NCCN(CCC(=O)NCCN(CCC(=O)NCCN)CCC(=O)NCCN)CCC(=O)NCCN(CCC(=O)NCCN)CCC(=O)OCCN. The molecule has 14 N–H and O–H groups in total. The summed E-state index contributed by atoms with van der Waals surface area (Å²) >= 11 is 0. The third kappa shape index (κ3) is 32.0. The van der Waals surface area contributed by atoms with Crippen LogP contribution in [0.2, 0.25) is 0 Å². The van der Waals surface area contributed by atoms with Crippen LogP contribution < -0.4 is 54.8 Å². The molecule has 0 aliphatic carbocycles. The number of carbonyl (C=O) groups excluding carboxylic acids is 7. The highest BCUT2D eigenvalue weighted by molar-refractivity contribution is 5.78. The Morgan fingerprint density at radius 1 is 0.400 bits per heavy atom. The largest absolute Gasteiger partial charge is 0.464 e. The molecular weight excluding hydrogens is 718 g/mol. The summed E-state index contributed by atoms with van der Waals surface area (Å²) in [7, 11) is 0. The minimum atomic E-state index is -0.401. The Balaban J connectivity index is 5.00. The second kappa shape index (κ2) is 34.5. The fourth-order valence-corrected chi connectivity index (χ4v) is 4.97. The summed E-state index contributed by atoms with van der Waals surface area (Å²) in [4.78, 5) is 91.1. The zero-order valence-corrected chi connectivity index (χ0v) is 32.8. The van der Waals surface area contributed by atoms with Gasteiger partial charge in [-0.1, -0.05) is 0 Å². The van der Waals surface area contributed by atoms with Crippen LogP contribution in [0.5, 0.6) is 0 Å². The Morgan fingerprint density at radius 3 is 0.982 bits per heavy atom. The van der Waals surface area contributed by atoms with Gasteiger partial charge in [0.1, 0.15) is 6.61 Å². The van der Waals surface area contributed by atoms with E-state index in [0.29, 0.717) is 111 Å². The van der Waals surface area contributed by atoms with Crippen molar-refractivity contribution in [2.75, 3.05) is 131 Å². The molecule has 6 amide bonds. The first-order valence-corrected chi connectivity index (χ1v) is 19.1.